The molecule has 0 saturated carbocycles. The van der Waals surface area contributed by atoms with E-state index < -0.39 is 23.3 Å². The minimum absolute atomic E-state index is 0.0318. The summed E-state index contributed by atoms with van der Waals surface area (Å²) in [6.07, 6.45) is 2.83. The molecular formula is C13H19FN2O3. The van der Waals surface area contributed by atoms with Gasteiger partial charge in [0.05, 0.1) is 12.3 Å². The first-order chi connectivity index (χ1) is 8.91. The molecule has 1 N–H and O–H groups in total. The zero-order chi connectivity index (χ0) is 14.2. The van der Waals surface area contributed by atoms with E-state index in [4.69, 9.17) is 4.74 Å². The summed E-state index contributed by atoms with van der Waals surface area (Å²) in [5, 5.41) is 0. The Morgan fingerprint density at radius 3 is 2.74 bits per heavy atom. The predicted molar refractivity (Wildman–Crippen MR) is 68.5 cm³/mol. The average Bonchev–Trinajstić information content (AvgIpc) is 2.71. The third-order valence-corrected chi connectivity index (χ3v) is 4.15. The van der Waals surface area contributed by atoms with E-state index in [0.29, 0.717) is 6.42 Å². The number of aromatic nitrogens is 2. The van der Waals surface area contributed by atoms with E-state index in [9.17, 15) is 14.0 Å². The summed E-state index contributed by atoms with van der Waals surface area (Å²) in [6, 6.07) is 0. The van der Waals surface area contributed by atoms with Crippen LogP contribution in [0.2, 0.25) is 0 Å². The molecule has 1 aliphatic rings. The molecule has 0 radical (unpaired) electrons. The number of hydrogen-bond donors (Lipinski definition) is 1. The molecule has 2 heterocycles. The number of nitrogens with zero attached hydrogens (tertiary/aromatic N) is 1. The highest BCUT2D eigenvalue weighted by molar-refractivity contribution is 4.94. The van der Waals surface area contributed by atoms with E-state index in [-0.39, 0.29) is 11.5 Å². The van der Waals surface area contributed by atoms with E-state index in [2.05, 4.69) is 13.8 Å². The summed E-state index contributed by atoms with van der Waals surface area (Å²) in [5.41, 5.74) is -1.66. The Kier molecular flexibility index (Phi) is 3.62. The normalized spacial score (nSPS) is 30.7. The number of ether oxygens (including phenoxy) is 1. The van der Waals surface area contributed by atoms with Crippen molar-refractivity contribution < 1.29 is 9.13 Å². The fourth-order valence-corrected chi connectivity index (χ4v) is 2.73. The van der Waals surface area contributed by atoms with Gasteiger partial charge >= 0.3 is 5.69 Å². The molecule has 0 bridgehead atoms. The minimum Gasteiger partial charge on any atom is -0.354 e. The summed E-state index contributed by atoms with van der Waals surface area (Å²) < 4.78 is 20.3. The van der Waals surface area contributed by atoms with Gasteiger partial charge in [0.25, 0.3) is 5.56 Å². The molecule has 0 aliphatic carbocycles. The Morgan fingerprint density at radius 1 is 1.53 bits per heavy atom. The van der Waals surface area contributed by atoms with Crippen LogP contribution in [-0.4, -0.2) is 15.7 Å². The van der Waals surface area contributed by atoms with Crippen LogP contribution in [0, 0.1) is 11.2 Å². The van der Waals surface area contributed by atoms with Crippen molar-refractivity contribution in [2.45, 2.75) is 52.4 Å². The maximum Gasteiger partial charge on any atom is 0.330 e. The van der Waals surface area contributed by atoms with Crippen LogP contribution in [0.3, 0.4) is 0 Å². The Morgan fingerprint density at radius 2 is 2.21 bits per heavy atom. The second kappa shape index (κ2) is 4.92. The molecule has 1 unspecified atom stereocenters. The number of rotatable bonds is 3. The highest BCUT2D eigenvalue weighted by Gasteiger charge is 2.43. The first kappa shape index (κ1) is 14.0. The van der Waals surface area contributed by atoms with Crippen LogP contribution in [0.5, 0.6) is 0 Å². The number of hydrogen-bond acceptors (Lipinski definition) is 3. The van der Waals surface area contributed by atoms with Crippen molar-refractivity contribution in [3.63, 3.8) is 0 Å². The zero-order valence-electron chi connectivity index (χ0n) is 11.4. The van der Waals surface area contributed by atoms with E-state index in [1.165, 1.54) is 0 Å². The topological polar surface area (TPSA) is 64.1 Å². The number of nitrogens with one attached hydrogen (secondary N) is 1. The van der Waals surface area contributed by atoms with Crippen LogP contribution in [0.25, 0.3) is 0 Å². The highest BCUT2D eigenvalue weighted by Crippen LogP contribution is 2.46. The van der Waals surface area contributed by atoms with Gasteiger partial charge in [0.1, 0.15) is 6.23 Å². The first-order valence-electron chi connectivity index (χ1n) is 6.57. The molecular weight excluding hydrogens is 251 g/mol. The summed E-state index contributed by atoms with van der Waals surface area (Å²) in [5.74, 6) is -0.971. The molecule has 19 heavy (non-hydrogen) atoms. The standard InChI is InChI=1S/C13H19FN2O3/c1-4-9-13(3,5-2)6-10(19-9)16-7-8(14)11(17)15-12(16)18/h7,9-10H,4-6H2,1-3H3,(H,15,17,18)/t9-,10-,13?/m0/s1. The van der Waals surface area contributed by atoms with Gasteiger partial charge in [0.2, 0.25) is 5.82 Å². The molecule has 106 valence electrons. The first-order valence-corrected chi connectivity index (χ1v) is 6.57. The third-order valence-electron chi connectivity index (χ3n) is 4.15. The van der Waals surface area contributed by atoms with Crippen LogP contribution in [0.1, 0.15) is 46.3 Å². The van der Waals surface area contributed by atoms with Gasteiger partial charge < -0.3 is 4.74 Å². The number of aromatic amines is 1. The molecule has 6 heteroatoms. The zero-order valence-corrected chi connectivity index (χ0v) is 11.4. The van der Waals surface area contributed by atoms with Crippen molar-refractivity contribution in [1.82, 2.24) is 9.55 Å². The van der Waals surface area contributed by atoms with Crippen LogP contribution < -0.4 is 11.2 Å². The molecule has 1 fully saturated rings. The van der Waals surface area contributed by atoms with Crippen molar-refractivity contribution >= 4 is 0 Å². The quantitative estimate of drug-likeness (QED) is 0.910. The molecule has 1 saturated heterocycles. The van der Waals surface area contributed by atoms with E-state index in [1.807, 2.05) is 11.9 Å². The van der Waals surface area contributed by atoms with Crippen molar-refractivity contribution in [3.8, 4) is 0 Å². The van der Waals surface area contributed by atoms with E-state index in [0.717, 1.165) is 23.6 Å². The van der Waals surface area contributed by atoms with Crippen molar-refractivity contribution in [2.75, 3.05) is 0 Å². The monoisotopic (exact) mass is 270 g/mol. The van der Waals surface area contributed by atoms with Crippen molar-refractivity contribution in [3.05, 3.63) is 32.9 Å². The van der Waals surface area contributed by atoms with Crippen molar-refractivity contribution in [2.24, 2.45) is 5.41 Å². The molecule has 5 nitrogen and oxygen atoms in total. The summed E-state index contributed by atoms with van der Waals surface area (Å²) in [7, 11) is 0. The summed E-state index contributed by atoms with van der Waals surface area (Å²) >= 11 is 0. The Labute approximate surface area is 110 Å². The molecule has 1 aromatic heterocycles. The fraction of sp³-hybridized carbons (Fsp3) is 0.692. The second-order valence-electron chi connectivity index (χ2n) is 5.34. The molecule has 0 amide bonds. The highest BCUT2D eigenvalue weighted by atomic mass is 19.1. The van der Waals surface area contributed by atoms with E-state index in [1.54, 1.807) is 0 Å². The largest absolute Gasteiger partial charge is 0.354 e. The van der Waals surface area contributed by atoms with Gasteiger partial charge in [-0.1, -0.05) is 20.8 Å². The molecule has 2 rings (SSSR count). The maximum absolute atomic E-state index is 13.3. The van der Waals surface area contributed by atoms with Crippen LogP contribution >= 0.6 is 0 Å². The number of halogens is 1. The Balaban J connectivity index is 2.38. The van der Waals surface area contributed by atoms with Gasteiger partial charge in [0, 0.05) is 6.42 Å². The lowest BCUT2D eigenvalue weighted by atomic mass is 9.79. The molecule has 1 aliphatic heterocycles. The lowest BCUT2D eigenvalue weighted by Gasteiger charge is -2.26. The van der Waals surface area contributed by atoms with E-state index >= 15 is 0 Å². The minimum atomic E-state index is -0.996. The maximum atomic E-state index is 13.3. The van der Waals surface area contributed by atoms with Crippen LogP contribution in [0.15, 0.2) is 15.8 Å². The Bertz CT molecular complexity index is 580. The van der Waals surface area contributed by atoms with Crippen LogP contribution in [0.4, 0.5) is 4.39 Å². The molecule has 0 spiro atoms. The Hall–Kier alpha value is -1.43. The average molecular weight is 270 g/mol. The molecule has 0 aromatic carbocycles. The van der Waals surface area contributed by atoms with Crippen molar-refractivity contribution in [1.29, 1.82) is 0 Å². The van der Waals surface area contributed by atoms with Crippen LogP contribution in [-0.2, 0) is 4.74 Å². The van der Waals surface area contributed by atoms with Gasteiger partial charge in [-0.15, -0.1) is 0 Å². The summed E-state index contributed by atoms with van der Waals surface area (Å²) in [6.45, 7) is 6.20. The predicted octanol–water partition coefficient (Wildman–Crippen LogP) is 1.79. The molecule has 3 atom stereocenters. The van der Waals surface area contributed by atoms with Gasteiger partial charge in [-0.2, -0.15) is 4.39 Å². The lowest BCUT2D eigenvalue weighted by Crippen LogP contribution is -2.33. The lowest BCUT2D eigenvalue weighted by molar-refractivity contribution is -0.0212. The third kappa shape index (κ3) is 2.36. The number of H-pyrrole nitrogens is 1. The molecule has 1 aromatic rings. The van der Waals surface area contributed by atoms with Gasteiger partial charge in [0.15, 0.2) is 0 Å². The second-order valence-corrected chi connectivity index (χ2v) is 5.34. The van der Waals surface area contributed by atoms with Gasteiger partial charge in [-0.05, 0) is 18.3 Å². The fourth-order valence-electron chi connectivity index (χ4n) is 2.73. The van der Waals surface area contributed by atoms with Gasteiger partial charge in [-0.25, -0.2) is 4.79 Å². The summed E-state index contributed by atoms with van der Waals surface area (Å²) in [4.78, 5) is 24.7. The van der Waals surface area contributed by atoms with Gasteiger partial charge in [-0.3, -0.25) is 14.3 Å². The smallest absolute Gasteiger partial charge is 0.330 e. The SMILES string of the molecule is CC[C@@H]1O[C@H](n2cc(F)c(=O)[nH]c2=O)CC1(C)CC.